The zero-order valence-corrected chi connectivity index (χ0v) is 15.0. The van der Waals surface area contributed by atoms with Crippen molar-refractivity contribution in [3.8, 4) is 0 Å². The third kappa shape index (κ3) is 3.43. The first-order valence-corrected chi connectivity index (χ1v) is 10.3. The second-order valence-corrected chi connectivity index (χ2v) is 8.49. The summed E-state index contributed by atoms with van der Waals surface area (Å²) < 4.78 is 39.6. The van der Waals surface area contributed by atoms with Crippen LogP contribution in [0.15, 0.2) is 64.5 Å². The largest absolute Gasteiger partial charge is 0.280 e. The van der Waals surface area contributed by atoms with Gasteiger partial charge in [0, 0.05) is 38.9 Å². The summed E-state index contributed by atoms with van der Waals surface area (Å²) in [5.74, 6) is 0. The summed E-state index contributed by atoms with van der Waals surface area (Å²) in [6.45, 7) is 0. The molecule has 5 nitrogen and oxygen atoms in total. The van der Waals surface area contributed by atoms with Gasteiger partial charge in [-0.15, -0.1) is 0 Å². The SMILES string of the molecule is CS(=O)c1cccc(NS(=O)(=O)c2cccc3cnc(Cl)cc23)c1. The molecule has 1 N–H and O–H groups in total. The first-order chi connectivity index (χ1) is 11.4. The van der Waals surface area contributed by atoms with E-state index in [2.05, 4.69) is 9.71 Å². The van der Waals surface area contributed by atoms with Gasteiger partial charge in [0.25, 0.3) is 10.0 Å². The molecule has 0 aliphatic heterocycles. The van der Waals surface area contributed by atoms with Crippen LogP contribution in [0.4, 0.5) is 5.69 Å². The Morgan fingerprint density at radius 1 is 1.12 bits per heavy atom. The Morgan fingerprint density at radius 3 is 2.62 bits per heavy atom. The van der Waals surface area contributed by atoms with E-state index in [1.165, 1.54) is 24.6 Å². The molecule has 1 atom stereocenters. The van der Waals surface area contributed by atoms with E-state index < -0.39 is 20.8 Å². The van der Waals surface area contributed by atoms with Gasteiger partial charge in [0.2, 0.25) is 0 Å². The van der Waals surface area contributed by atoms with Crippen LogP contribution in [0.5, 0.6) is 0 Å². The molecule has 0 bridgehead atoms. The van der Waals surface area contributed by atoms with Crippen LogP contribution >= 0.6 is 11.6 Å². The van der Waals surface area contributed by atoms with Gasteiger partial charge in [0.15, 0.2) is 0 Å². The Hall–Kier alpha value is -1.96. The molecule has 124 valence electrons. The molecule has 8 heteroatoms. The highest BCUT2D eigenvalue weighted by molar-refractivity contribution is 7.93. The topological polar surface area (TPSA) is 76.1 Å². The quantitative estimate of drug-likeness (QED) is 0.703. The minimum absolute atomic E-state index is 0.104. The molecule has 2 aromatic carbocycles. The van der Waals surface area contributed by atoms with Crippen LogP contribution in [0.1, 0.15) is 0 Å². The number of nitrogens with one attached hydrogen (secondary N) is 1. The number of halogens is 1. The summed E-state index contributed by atoms with van der Waals surface area (Å²) in [5.41, 5.74) is 0.347. The van der Waals surface area contributed by atoms with E-state index in [-0.39, 0.29) is 10.0 Å². The zero-order valence-electron chi connectivity index (χ0n) is 12.6. The fraction of sp³-hybridized carbons (Fsp3) is 0.0625. The molecule has 3 aromatic rings. The lowest BCUT2D eigenvalue weighted by molar-refractivity contribution is 0.602. The van der Waals surface area contributed by atoms with Crippen LogP contribution in [-0.2, 0) is 20.8 Å². The predicted molar refractivity (Wildman–Crippen MR) is 96.3 cm³/mol. The maximum atomic E-state index is 12.8. The summed E-state index contributed by atoms with van der Waals surface area (Å²) in [7, 11) is -5.03. The van der Waals surface area contributed by atoms with Crippen LogP contribution in [0.25, 0.3) is 10.8 Å². The molecule has 0 aliphatic rings. The van der Waals surface area contributed by atoms with E-state index >= 15 is 0 Å². The Bertz CT molecular complexity index is 1050. The molecule has 1 aromatic heterocycles. The minimum Gasteiger partial charge on any atom is -0.280 e. The predicted octanol–water partition coefficient (Wildman–Crippen LogP) is 3.43. The van der Waals surface area contributed by atoms with Crippen LogP contribution in [0.2, 0.25) is 5.15 Å². The maximum absolute atomic E-state index is 12.8. The average Bonchev–Trinajstić information content (AvgIpc) is 2.54. The molecular weight excluding hydrogens is 368 g/mol. The number of fused-ring (bicyclic) bond motifs is 1. The van der Waals surface area contributed by atoms with Gasteiger partial charge in [-0.2, -0.15) is 0 Å². The van der Waals surface area contributed by atoms with Gasteiger partial charge >= 0.3 is 0 Å². The van der Waals surface area contributed by atoms with Crippen molar-refractivity contribution in [1.82, 2.24) is 4.98 Å². The van der Waals surface area contributed by atoms with Crippen molar-refractivity contribution < 1.29 is 12.6 Å². The number of pyridine rings is 1. The van der Waals surface area contributed by atoms with Gasteiger partial charge < -0.3 is 0 Å². The Kier molecular flexibility index (Phi) is 4.58. The van der Waals surface area contributed by atoms with Crippen LogP contribution in [0.3, 0.4) is 0 Å². The van der Waals surface area contributed by atoms with Gasteiger partial charge in [-0.25, -0.2) is 13.4 Å². The van der Waals surface area contributed by atoms with E-state index in [9.17, 15) is 12.6 Å². The Labute approximate surface area is 147 Å². The van der Waals surface area contributed by atoms with E-state index in [1.807, 2.05) is 0 Å². The molecule has 0 amide bonds. The summed E-state index contributed by atoms with van der Waals surface area (Å²) in [6, 6.07) is 12.9. The van der Waals surface area contributed by atoms with E-state index in [0.717, 1.165) is 0 Å². The van der Waals surface area contributed by atoms with Gasteiger partial charge in [-0.1, -0.05) is 29.8 Å². The fourth-order valence-electron chi connectivity index (χ4n) is 2.30. The first kappa shape index (κ1) is 16.9. The number of aromatic nitrogens is 1. The van der Waals surface area contributed by atoms with Crippen molar-refractivity contribution in [2.75, 3.05) is 11.0 Å². The molecule has 0 saturated carbocycles. The molecule has 0 radical (unpaired) electrons. The highest BCUT2D eigenvalue weighted by Crippen LogP contribution is 2.26. The number of benzene rings is 2. The number of anilines is 1. The summed E-state index contributed by atoms with van der Waals surface area (Å²) >= 11 is 5.90. The second-order valence-electron chi connectivity index (χ2n) is 5.07. The molecule has 1 unspecified atom stereocenters. The lowest BCUT2D eigenvalue weighted by Crippen LogP contribution is -2.13. The Balaban J connectivity index is 2.07. The molecule has 1 heterocycles. The van der Waals surface area contributed by atoms with Gasteiger partial charge in [-0.3, -0.25) is 8.93 Å². The number of hydrogen-bond donors (Lipinski definition) is 1. The normalized spacial score (nSPS) is 12.9. The lowest BCUT2D eigenvalue weighted by atomic mass is 10.2. The molecule has 0 aliphatic carbocycles. The van der Waals surface area contributed by atoms with Crippen LogP contribution in [0, 0.1) is 0 Å². The molecule has 3 rings (SSSR count). The standard InChI is InChI=1S/C16H13ClN2O3S2/c1-23(20)13-6-3-5-12(8-13)19-24(21,22)15-7-2-4-11-10-18-16(17)9-14(11)15/h2-10,19H,1H3. The zero-order chi connectivity index (χ0) is 17.3. The fourth-order valence-corrected chi connectivity index (χ4v) is 4.29. The first-order valence-electron chi connectivity index (χ1n) is 6.87. The molecule has 24 heavy (non-hydrogen) atoms. The van der Waals surface area contributed by atoms with E-state index in [1.54, 1.807) is 36.4 Å². The van der Waals surface area contributed by atoms with E-state index in [0.29, 0.717) is 21.4 Å². The number of rotatable bonds is 4. The van der Waals surface area contributed by atoms with Crippen LogP contribution < -0.4 is 4.72 Å². The highest BCUT2D eigenvalue weighted by atomic mass is 35.5. The van der Waals surface area contributed by atoms with Crippen molar-refractivity contribution in [3.05, 3.63) is 59.9 Å². The van der Waals surface area contributed by atoms with Crippen molar-refractivity contribution in [2.45, 2.75) is 9.79 Å². The summed E-state index contributed by atoms with van der Waals surface area (Å²) in [5, 5.41) is 1.37. The smallest absolute Gasteiger partial charge is 0.262 e. The maximum Gasteiger partial charge on any atom is 0.262 e. The van der Waals surface area contributed by atoms with Gasteiger partial charge in [0.05, 0.1) is 10.6 Å². The van der Waals surface area contributed by atoms with Crippen molar-refractivity contribution >= 4 is 48.9 Å². The molecule has 0 fully saturated rings. The third-order valence-electron chi connectivity index (χ3n) is 3.40. The molecular formula is C16H13ClN2O3S2. The number of sulfonamides is 1. The average molecular weight is 381 g/mol. The van der Waals surface area contributed by atoms with Crippen molar-refractivity contribution in [2.24, 2.45) is 0 Å². The summed E-state index contributed by atoms with van der Waals surface area (Å²) in [4.78, 5) is 4.61. The minimum atomic E-state index is -3.83. The second kappa shape index (κ2) is 6.51. The highest BCUT2D eigenvalue weighted by Gasteiger charge is 2.18. The third-order valence-corrected chi connectivity index (χ3v) is 5.96. The monoisotopic (exact) mass is 380 g/mol. The van der Waals surface area contributed by atoms with Crippen LogP contribution in [-0.4, -0.2) is 23.9 Å². The van der Waals surface area contributed by atoms with Gasteiger partial charge in [0.1, 0.15) is 5.15 Å². The molecule has 0 saturated heterocycles. The number of hydrogen-bond acceptors (Lipinski definition) is 4. The Morgan fingerprint density at radius 2 is 1.88 bits per heavy atom. The summed E-state index contributed by atoms with van der Waals surface area (Å²) in [6.07, 6.45) is 3.06. The van der Waals surface area contributed by atoms with E-state index in [4.69, 9.17) is 11.6 Å². The number of nitrogens with zero attached hydrogens (tertiary/aromatic N) is 1. The van der Waals surface area contributed by atoms with Crippen molar-refractivity contribution in [3.63, 3.8) is 0 Å². The van der Waals surface area contributed by atoms with Crippen molar-refractivity contribution in [1.29, 1.82) is 0 Å². The van der Waals surface area contributed by atoms with Gasteiger partial charge in [-0.05, 0) is 30.3 Å². The lowest BCUT2D eigenvalue weighted by Gasteiger charge is -2.11. The molecule has 0 spiro atoms.